The molecule has 0 aromatic heterocycles. The van der Waals surface area contributed by atoms with Gasteiger partial charge < -0.3 is 0 Å². The van der Waals surface area contributed by atoms with E-state index in [-0.39, 0.29) is 10.6 Å². The number of fused-ring (bicyclic) bond motifs is 2. The van der Waals surface area contributed by atoms with Crippen LogP contribution in [-0.4, -0.2) is 4.92 Å². The Bertz CT molecular complexity index is 326. The van der Waals surface area contributed by atoms with Crippen LogP contribution in [0.4, 0.5) is 5.69 Å². The molecule has 2 aliphatic carbocycles. The molecule has 0 fully saturated rings. The van der Waals surface area contributed by atoms with Gasteiger partial charge in [0.25, 0.3) is 5.69 Å². The van der Waals surface area contributed by atoms with Gasteiger partial charge in [0.15, 0.2) is 0 Å². The van der Waals surface area contributed by atoms with Crippen LogP contribution in [0.1, 0.15) is 11.1 Å². The molecule has 70 valence electrons. The first kappa shape index (κ1) is 10.2. The van der Waals surface area contributed by atoms with E-state index in [9.17, 15) is 10.1 Å². The molecule has 0 spiro atoms. The van der Waals surface area contributed by atoms with E-state index < -0.39 is 0 Å². The quantitative estimate of drug-likeness (QED) is 0.550. The summed E-state index contributed by atoms with van der Waals surface area (Å²) >= 11 is 8.53. The van der Waals surface area contributed by atoms with Crippen LogP contribution in [0.15, 0.2) is 18.2 Å². The standard InChI is InChI=1S/C7H5NO2.Cl2O/c9-8(10)7-2-1-5-3-6(7)4-5;1-3-2/h1-3H,4H2;. The Hall–Kier alpha value is -0.840. The highest BCUT2D eigenvalue weighted by Gasteiger charge is 2.20. The first-order valence-corrected chi connectivity index (χ1v) is 3.96. The maximum atomic E-state index is 10.3. The minimum Gasteiger partial charge on any atom is -0.258 e. The fourth-order valence-corrected chi connectivity index (χ4v) is 1.16. The largest absolute Gasteiger partial charge is 0.272 e. The molecule has 1 aromatic rings. The first-order valence-electron chi connectivity index (χ1n) is 3.34. The Labute approximate surface area is 84.5 Å². The summed E-state index contributed by atoms with van der Waals surface area (Å²) in [5.74, 6) is 0. The van der Waals surface area contributed by atoms with Crippen LogP contribution in [-0.2, 0) is 10.3 Å². The molecule has 0 saturated heterocycles. The lowest BCUT2D eigenvalue weighted by Crippen LogP contribution is -2.04. The van der Waals surface area contributed by atoms with E-state index in [2.05, 4.69) is 27.6 Å². The predicted octanol–water partition coefficient (Wildman–Crippen LogP) is 2.81. The molecule has 0 aliphatic heterocycles. The highest BCUT2D eigenvalue weighted by Crippen LogP contribution is 2.30. The summed E-state index contributed by atoms with van der Waals surface area (Å²) in [6, 6.07) is 5.22. The van der Waals surface area contributed by atoms with E-state index in [1.165, 1.54) is 5.56 Å². The van der Waals surface area contributed by atoms with E-state index in [1.54, 1.807) is 12.1 Å². The van der Waals surface area contributed by atoms with Gasteiger partial charge in [0.1, 0.15) is 0 Å². The lowest BCUT2D eigenvalue weighted by atomic mass is 9.92. The molecule has 0 radical (unpaired) electrons. The third-order valence-corrected chi connectivity index (χ3v) is 1.74. The van der Waals surface area contributed by atoms with Crippen LogP contribution >= 0.6 is 23.7 Å². The molecule has 0 unspecified atom stereocenters. The third kappa shape index (κ3) is 2.30. The van der Waals surface area contributed by atoms with Crippen molar-refractivity contribution in [3.63, 3.8) is 0 Å². The second-order valence-corrected chi connectivity index (χ2v) is 2.92. The average Bonchev–Trinajstić information content (AvgIpc) is 2.04. The number of nitro benzene ring substituents is 1. The second-order valence-electron chi connectivity index (χ2n) is 2.46. The van der Waals surface area contributed by atoms with Crippen molar-refractivity contribution in [3.05, 3.63) is 39.4 Å². The number of nitro groups is 1. The van der Waals surface area contributed by atoms with Crippen molar-refractivity contribution in [2.45, 2.75) is 6.42 Å². The number of halogens is 2. The molecular formula is C7H5Cl2NO3. The molecule has 13 heavy (non-hydrogen) atoms. The Morgan fingerprint density at radius 1 is 1.46 bits per heavy atom. The molecule has 0 N–H and O–H groups in total. The number of hydrogen-bond donors (Lipinski definition) is 0. The van der Waals surface area contributed by atoms with Gasteiger partial charge in [-0.05, 0) is 11.6 Å². The Balaban J connectivity index is 0.000000251. The summed E-state index contributed by atoms with van der Waals surface area (Å²) in [6.07, 6.45) is 0.785. The van der Waals surface area contributed by atoms with Gasteiger partial charge in [0.05, 0.1) is 28.7 Å². The van der Waals surface area contributed by atoms with E-state index in [0.29, 0.717) is 0 Å². The summed E-state index contributed by atoms with van der Waals surface area (Å²) in [5.41, 5.74) is 2.32. The molecule has 0 heterocycles. The lowest BCUT2D eigenvalue weighted by molar-refractivity contribution is -0.385. The minimum absolute atomic E-state index is 0.259. The van der Waals surface area contributed by atoms with Crippen molar-refractivity contribution < 1.29 is 8.77 Å². The van der Waals surface area contributed by atoms with Crippen LogP contribution < -0.4 is 0 Å². The Morgan fingerprint density at radius 3 is 2.23 bits per heavy atom. The van der Waals surface area contributed by atoms with Crippen LogP contribution in [0.3, 0.4) is 0 Å². The lowest BCUT2D eigenvalue weighted by Gasteiger charge is -2.12. The van der Waals surface area contributed by atoms with E-state index in [4.69, 9.17) is 0 Å². The molecular weight excluding hydrogens is 217 g/mol. The SMILES string of the molecule is ClOCl.O=[N+]([O-])c1ccc2cc1C2. The van der Waals surface area contributed by atoms with Gasteiger partial charge in [-0.2, -0.15) is 3.84 Å². The van der Waals surface area contributed by atoms with Crippen molar-refractivity contribution in [2.75, 3.05) is 0 Å². The third-order valence-electron chi connectivity index (χ3n) is 1.74. The molecule has 0 amide bonds. The summed E-state index contributed by atoms with van der Waals surface area (Å²) in [6.45, 7) is 0. The van der Waals surface area contributed by atoms with Gasteiger partial charge in [-0.3, -0.25) is 10.1 Å². The number of nitrogens with zero attached hydrogens (tertiary/aromatic N) is 1. The van der Waals surface area contributed by atoms with Gasteiger partial charge in [-0.1, -0.05) is 6.07 Å². The zero-order valence-electron chi connectivity index (χ0n) is 6.37. The highest BCUT2D eigenvalue weighted by molar-refractivity contribution is 6.24. The maximum absolute atomic E-state index is 10.3. The summed E-state index contributed by atoms with van der Waals surface area (Å²) < 4.78 is 3.19. The van der Waals surface area contributed by atoms with E-state index in [0.717, 1.165) is 12.0 Å². The molecule has 2 bridgehead atoms. The van der Waals surface area contributed by atoms with Crippen molar-refractivity contribution in [3.8, 4) is 0 Å². The Kier molecular flexibility index (Phi) is 3.48. The topological polar surface area (TPSA) is 52.4 Å². The molecule has 1 aromatic carbocycles. The predicted molar refractivity (Wildman–Crippen MR) is 48.7 cm³/mol. The normalized spacial score (nSPS) is 10.9. The van der Waals surface area contributed by atoms with Gasteiger partial charge in [0, 0.05) is 18.1 Å². The molecule has 3 rings (SSSR count). The fourth-order valence-electron chi connectivity index (χ4n) is 1.16. The molecule has 6 heteroatoms. The molecule has 0 atom stereocenters. The van der Waals surface area contributed by atoms with Crippen molar-refractivity contribution >= 4 is 29.4 Å². The van der Waals surface area contributed by atoms with Gasteiger partial charge in [0.2, 0.25) is 0 Å². The van der Waals surface area contributed by atoms with Gasteiger partial charge >= 0.3 is 0 Å². The second kappa shape index (κ2) is 4.41. The van der Waals surface area contributed by atoms with Crippen LogP contribution in [0.25, 0.3) is 0 Å². The summed E-state index contributed by atoms with van der Waals surface area (Å²) in [5, 5.41) is 10.3. The monoisotopic (exact) mass is 221 g/mol. The van der Waals surface area contributed by atoms with Gasteiger partial charge in [-0.25, -0.2) is 0 Å². The summed E-state index contributed by atoms with van der Waals surface area (Å²) in [4.78, 5) is 9.92. The maximum Gasteiger partial charge on any atom is 0.272 e. The minimum atomic E-state index is -0.335. The van der Waals surface area contributed by atoms with E-state index in [1.807, 2.05) is 6.07 Å². The van der Waals surface area contributed by atoms with E-state index >= 15 is 0 Å². The highest BCUT2D eigenvalue weighted by atomic mass is 35.6. The van der Waals surface area contributed by atoms with Crippen LogP contribution in [0.2, 0.25) is 0 Å². The zero-order valence-corrected chi connectivity index (χ0v) is 7.88. The smallest absolute Gasteiger partial charge is 0.258 e. The first-order chi connectivity index (χ1) is 6.19. The Morgan fingerprint density at radius 2 is 2.00 bits per heavy atom. The molecule has 4 nitrogen and oxygen atoms in total. The fraction of sp³-hybridized carbons (Fsp3) is 0.143. The average molecular weight is 222 g/mol. The van der Waals surface area contributed by atoms with Crippen molar-refractivity contribution in [1.29, 1.82) is 0 Å². The van der Waals surface area contributed by atoms with Gasteiger partial charge in [-0.15, -0.1) is 0 Å². The van der Waals surface area contributed by atoms with Crippen LogP contribution in [0.5, 0.6) is 0 Å². The number of hydrogen-bond acceptors (Lipinski definition) is 3. The van der Waals surface area contributed by atoms with Crippen LogP contribution in [0, 0.1) is 10.1 Å². The zero-order chi connectivity index (χ0) is 9.84. The molecule has 2 aliphatic rings. The van der Waals surface area contributed by atoms with Crippen molar-refractivity contribution in [2.24, 2.45) is 0 Å². The number of rotatable bonds is 1. The number of benzene rings is 1. The summed E-state index contributed by atoms with van der Waals surface area (Å²) in [7, 11) is 0. The van der Waals surface area contributed by atoms with Crippen molar-refractivity contribution in [1.82, 2.24) is 0 Å². The molecule has 0 saturated carbocycles.